The molecule has 7 rings (SSSR count). The second-order valence-corrected chi connectivity index (χ2v) is 8.50. The van der Waals surface area contributed by atoms with Gasteiger partial charge in [-0.15, -0.1) is 18.0 Å². The molecule has 0 saturated heterocycles. The summed E-state index contributed by atoms with van der Waals surface area (Å²) in [5.74, 6) is 0.909. The van der Waals surface area contributed by atoms with E-state index in [0.29, 0.717) is 0 Å². The van der Waals surface area contributed by atoms with E-state index in [-0.39, 0.29) is 20.1 Å². The Morgan fingerprint density at radius 2 is 1.21 bits per heavy atom. The fourth-order valence-corrected chi connectivity index (χ4v) is 4.40. The van der Waals surface area contributed by atoms with Crippen molar-refractivity contribution in [2.24, 2.45) is 0 Å². The summed E-state index contributed by atoms with van der Waals surface area (Å²) >= 11 is 0. The first-order chi connectivity index (χ1) is 18.3. The Bertz CT molecular complexity index is 1400. The second-order valence-electron chi connectivity index (χ2n) is 8.50. The molecule has 2 aliphatic rings. The average Bonchev–Trinajstić information content (AvgIpc) is 3.53. The number of fused-ring (bicyclic) bond motifs is 2. The molecule has 2 aliphatic heterocycles. The van der Waals surface area contributed by atoms with Gasteiger partial charge in [0.25, 0.3) is 0 Å². The van der Waals surface area contributed by atoms with Crippen LogP contribution in [0.15, 0.2) is 116 Å². The fourth-order valence-electron chi connectivity index (χ4n) is 4.40. The van der Waals surface area contributed by atoms with Crippen LogP contribution in [0.1, 0.15) is 0 Å². The molecule has 0 N–H and O–H groups in total. The SMILES string of the molecule is CN1[CH-]N(c2[c-]cccc2)c2cncnc21.[Ir].[c-]1ccccc1N1[CH-]N(c2ccccc2)c2ccccc21. The predicted octanol–water partition coefficient (Wildman–Crippen LogP) is 6.88. The summed E-state index contributed by atoms with van der Waals surface area (Å²) in [5.41, 5.74) is 6.52. The average molecular weight is 673 g/mol. The third kappa shape index (κ3) is 4.99. The first-order valence-electron chi connectivity index (χ1n) is 12.0. The number of rotatable bonds is 3. The Morgan fingerprint density at radius 3 is 1.84 bits per heavy atom. The van der Waals surface area contributed by atoms with Crippen LogP contribution in [0.2, 0.25) is 0 Å². The number of hydrogen-bond donors (Lipinski definition) is 0. The maximum absolute atomic E-state index is 4.24. The third-order valence-electron chi connectivity index (χ3n) is 6.13. The molecule has 1 radical (unpaired) electrons. The van der Waals surface area contributed by atoms with Crippen molar-refractivity contribution in [3.63, 3.8) is 0 Å². The van der Waals surface area contributed by atoms with Crippen molar-refractivity contribution in [1.82, 2.24) is 9.97 Å². The van der Waals surface area contributed by atoms with E-state index < -0.39 is 0 Å². The summed E-state index contributed by atoms with van der Waals surface area (Å²) < 4.78 is 0. The zero-order valence-corrected chi connectivity index (χ0v) is 23.0. The summed E-state index contributed by atoms with van der Waals surface area (Å²) in [6.07, 6.45) is 3.37. The summed E-state index contributed by atoms with van der Waals surface area (Å²) in [5, 5.41) is 0. The van der Waals surface area contributed by atoms with Gasteiger partial charge in [-0.25, -0.2) is 9.97 Å². The van der Waals surface area contributed by atoms with Crippen LogP contribution >= 0.6 is 0 Å². The molecule has 0 bridgehead atoms. The Hall–Kier alpha value is -4.19. The van der Waals surface area contributed by atoms with E-state index in [1.165, 1.54) is 11.4 Å². The quantitative estimate of drug-likeness (QED) is 0.195. The van der Waals surface area contributed by atoms with Gasteiger partial charge in [-0.3, -0.25) is 0 Å². The van der Waals surface area contributed by atoms with Gasteiger partial charge >= 0.3 is 0 Å². The topological polar surface area (TPSA) is 38.7 Å². The smallest absolute Gasteiger partial charge is 0.125 e. The van der Waals surface area contributed by atoms with Crippen molar-refractivity contribution in [1.29, 1.82) is 0 Å². The van der Waals surface area contributed by atoms with Gasteiger partial charge in [0.15, 0.2) is 0 Å². The number of nitrogens with zero attached hydrogens (tertiary/aromatic N) is 6. The van der Waals surface area contributed by atoms with Gasteiger partial charge < -0.3 is 19.6 Å². The minimum absolute atomic E-state index is 0. The van der Waals surface area contributed by atoms with Gasteiger partial charge in [0, 0.05) is 37.2 Å². The Labute approximate surface area is 237 Å². The van der Waals surface area contributed by atoms with Gasteiger partial charge in [-0.1, -0.05) is 30.3 Å². The van der Waals surface area contributed by atoms with Gasteiger partial charge in [-0.2, -0.15) is 67.3 Å². The predicted molar refractivity (Wildman–Crippen MR) is 149 cm³/mol. The molecule has 7 heteroatoms. The van der Waals surface area contributed by atoms with E-state index in [4.69, 9.17) is 0 Å². The van der Waals surface area contributed by atoms with Crippen LogP contribution < -0.4 is 19.6 Å². The van der Waals surface area contributed by atoms with E-state index >= 15 is 0 Å². The van der Waals surface area contributed by atoms with E-state index in [0.717, 1.165) is 28.6 Å². The van der Waals surface area contributed by atoms with Crippen molar-refractivity contribution >= 4 is 39.9 Å². The molecule has 6 nitrogen and oxygen atoms in total. The number of para-hydroxylation sites is 5. The van der Waals surface area contributed by atoms with Crippen LogP contribution in [0.5, 0.6) is 0 Å². The number of anilines is 7. The first-order valence-corrected chi connectivity index (χ1v) is 12.0. The number of benzene rings is 4. The maximum atomic E-state index is 4.24. The molecule has 4 aromatic carbocycles. The Balaban J connectivity index is 0.000000156. The van der Waals surface area contributed by atoms with Crippen molar-refractivity contribution in [2.75, 3.05) is 26.6 Å². The minimum atomic E-state index is 0. The molecule has 0 amide bonds. The van der Waals surface area contributed by atoms with Crippen LogP contribution in [0.3, 0.4) is 0 Å². The summed E-state index contributed by atoms with van der Waals surface area (Å²) in [4.78, 5) is 16.7. The molecular formula is C31H24IrN6-4. The van der Waals surface area contributed by atoms with E-state index in [9.17, 15) is 0 Å². The molecule has 38 heavy (non-hydrogen) atoms. The molecule has 0 aliphatic carbocycles. The van der Waals surface area contributed by atoms with Crippen LogP contribution in [0.25, 0.3) is 0 Å². The monoisotopic (exact) mass is 673 g/mol. The van der Waals surface area contributed by atoms with Gasteiger partial charge in [0.2, 0.25) is 0 Å². The largest absolute Gasteiger partial charge is 0.493 e. The van der Waals surface area contributed by atoms with Gasteiger partial charge in [0.1, 0.15) is 12.1 Å². The Kier molecular flexibility index (Phi) is 7.68. The van der Waals surface area contributed by atoms with Crippen molar-refractivity contribution < 1.29 is 20.1 Å². The summed E-state index contributed by atoms with van der Waals surface area (Å²) in [6, 6.07) is 41.1. The minimum Gasteiger partial charge on any atom is -0.493 e. The van der Waals surface area contributed by atoms with Crippen molar-refractivity contribution in [2.45, 2.75) is 0 Å². The maximum Gasteiger partial charge on any atom is 0.125 e. The third-order valence-corrected chi connectivity index (χ3v) is 6.13. The zero-order chi connectivity index (χ0) is 25.0. The normalized spacial score (nSPS) is 13.3. The molecule has 0 unspecified atom stereocenters. The van der Waals surface area contributed by atoms with E-state index in [1.54, 1.807) is 6.33 Å². The second kappa shape index (κ2) is 11.5. The molecule has 0 spiro atoms. The van der Waals surface area contributed by atoms with Crippen LogP contribution in [-0.2, 0) is 20.1 Å². The fraction of sp³-hybridized carbons (Fsp3) is 0.0323. The van der Waals surface area contributed by atoms with Crippen LogP contribution in [0.4, 0.5) is 39.9 Å². The molecule has 3 heterocycles. The van der Waals surface area contributed by atoms with Crippen molar-refractivity contribution in [3.05, 3.63) is 141 Å². The molecular weight excluding hydrogens is 649 g/mol. The zero-order valence-electron chi connectivity index (χ0n) is 20.6. The van der Waals surface area contributed by atoms with Gasteiger partial charge in [0.05, 0.1) is 11.9 Å². The molecule has 0 saturated carbocycles. The van der Waals surface area contributed by atoms with Crippen LogP contribution in [-0.4, -0.2) is 17.0 Å². The Morgan fingerprint density at radius 1 is 0.632 bits per heavy atom. The first kappa shape index (κ1) is 25.5. The summed E-state index contributed by atoms with van der Waals surface area (Å²) in [7, 11) is 1.97. The van der Waals surface area contributed by atoms with E-state index in [2.05, 4.69) is 93.2 Å². The summed E-state index contributed by atoms with van der Waals surface area (Å²) in [6.45, 7) is 4.09. The molecule has 191 valence electrons. The molecule has 1 aromatic heterocycles. The molecule has 0 atom stereocenters. The molecule has 0 fully saturated rings. The van der Waals surface area contributed by atoms with Crippen LogP contribution in [0, 0.1) is 25.5 Å². The standard InChI is InChI=1S/C19H14N2.C12H10N4.Ir/c1-3-9-16(10-4-1)20-15-21(17-11-5-2-6-12-17)19-14-8-7-13-18(19)20;1-15-9-16(10-5-3-2-4-6-10)11-7-13-8-14-12(11)15;/h1-11,13-15H;2-5,7-9H,1H3;/q2*-2;. The van der Waals surface area contributed by atoms with E-state index in [1.807, 2.05) is 78.2 Å². The van der Waals surface area contributed by atoms with Crippen molar-refractivity contribution in [3.8, 4) is 0 Å². The number of hydrogen-bond acceptors (Lipinski definition) is 6. The van der Waals surface area contributed by atoms with Gasteiger partial charge in [-0.05, 0) is 31.3 Å². The molecule has 5 aromatic rings. The number of aromatic nitrogens is 2.